The molecule has 5 heteroatoms. The lowest BCUT2D eigenvalue weighted by Crippen LogP contribution is -2.23. The molecule has 0 aliphatic carbocycles. The Balaban J connectivity index is 2.18. The van der Waals surface area contributed by atoms with Crippen LogP contribution in [-0.4, -0.2) is 11.5 Å². The molecular formula is C15H18ClFN2S. The third kappa shape index (κ3) is 4.01. The molecule has 1 atom stereocenters. The Morgan fingerprint density at radius 3 is 2.85 bits per heavy atom. The summed E-state index contributed by atoms with van der Waals surface area (Å²) in [6.45, 7) is 5.06. The highest BCUT2D eigenvalue weighted by Gasteiger charge is 2.16. The zero-order chi connectivity index (χ0) is 14.5. The molecule has 20 heavy (non-hydrogen) atoms. The van der Waals surface area contributed by atoms with E-state index in [-0.39, 0.29) is 11.9 Å². The van der Waals surface area contributed by atoms with Gasteiger partial charge in [-0.25, -0.2) is 9.37 Å². The normalized spacial score (nSPS) is 12.6. The number of halogens is 2. The summed E-state index contributed by atoms with van der Waals surface area (Å²) >= 11 is 7.80. The van der Waals surface area contributed by atoms with Gasteiger partial charge >= 0.3 is 0 Å². The Kier molecular flexibility index (Phi) is 5.52. The Bertz CT molecular complexity index is 571. The SMILES string of the molecule is CCCNC(Cc1ccc(F)cc1Cl)c1cnc(C)s1. The van der Waals surface area contributed by atoms with E-state index in [9.17, 15) is 4.39 Å². The van der Waals surface area contributed by atoms with Crippen LogP contribution < -0.4 is 5.32 Å². The summed E-state index contributed by atoms with van der Waals surface area (Å²) in [5, 5.41) is 5.04. The second-order valence-electron chi connectivity index (χ2n) is 4.73. The van der Waals surface area contributed by atoms with Crippen molar-refractivity contribution in [2.24, 2.45) is 0 Å². The number of aryl methyl sites for hydroxylation is 1. The molecule has 1 aromatic heterocycles. The summed E-state index contributed by atoms with van der Waals surface area (Å²) in [5.74, 6) is -0.301. The van der Waals surface area contributed by atoms with Gasteiger partial charge < -0.3 is 5.32 Å². The molecule has 1 unspecified atom stereocenters. The van der Waals surface area contributed by atoms with Gasteiger partial charge in [0, 0.05) is 22.1 Å². The van der Waals surface area contributed by atoms with Gasteiger partial charge in [-0.1, -0.05) is 24.6 Å². The van der Waals surface area contributed by atoms with E-state index < -0.39 is 0 Å². The summed E-state index contributed by atoms with van der Waals surface area (Å²) in [6.07, 6.45) is 3.71. The molecule has 1 heterocycles. The number of nitrogens with zero attached hydrogens (tertiary/aromatic N) is 1. The van der Waals surface area contributed by atoms with Crippen LogP contribution in [-0.2, 0) is 6.42 Å². The van der Waals surface area contributed by atoms with E-state index in [0.29, 0.717) is 5.02 Å². The highest BCUT2D eigenvalue weighted by Crippen LogP contribution is 2.27. The van der Waals surface area contributed by atoms with E-state index in [1.54, 1.807) is 17.4 Å². The van der Waals surface area contributed by atoms with Gasteiger partial charge in [-0.3, -0.25) is 0 Å². The number of benzene rings is 1. The fraction of sp³-hybridized carbons (Fsp3) is 0.400. The Labute approximate surface area is 128 Å². The molecule has 1 N–H and O–H groups in total. The van der Waals surface area contributed by atoms with Gasteiger partial charge in [-0.05, 0) is 44.0 Å². The van der Waals surface area contributed by atoms with E-state index in [2.05, 4.69) is 17.2 Å². The largest absolute Gasteiger partial charge is 0.309 e. The van der Waals surface area contributed by atoms with Crippen molar-refractivity contribution in [2.75, 3.05) is 6.54 Å². The Morgan fingerprint density at radius 1 is 1.45 bits per heavy atom. The maximum absolute atomic E-state index is 13.1. The Morgan fingerprint density at radius 2 is 2.25 bits per heavy atom. The lowest BCUT2D eigenvalue weighted by atomic mass is 10.0. The number of hydrogen-bond donors (Lipinski definition) is 1. The van der Waals surface area contributed by atoms with Crippen LogP contribution in [0.4, 0.5) is 4.39 Å². The zero-order valence-electron chi connectivity index (χ0n) is 11.6. The molecule has 1 aromatic carbocycles. The summed E-state index contributed by atoms with van der Waals surface area (Å²) in [7, 11) is 0. The third-order valence-corrected chi connectivity index (χ3v) is 4.44. The molecule has 0 radical (unpaired) electrons. The predicted octanol–water partition coefficient (Wildman–Crippen LogP) is 4.53. The maximum Gasteiger partial charge on any atom is 0.124 e. The van der Waals surface area contributed by atoms with E-state index in [4.69, 9.17) is 11.6 Å². The Hall–Kier alpha value is -0.970. The highest BCUT2D eigenvalue weighted by atomic mass is 35.5. The molecular weight excluding hydrogens is 295 g/mol. The van der Waals surface area contributed by atoms with Crippen molar-refractivity contribution >= 4 is 22.9 Å². The zero-order valence-corrected chi connectivity index (χ0v) is 13.2. The van der Waals surface area contributed by atoms with Gasteiger partial charge in [0.05, 0.1) is 5.01 Å². The van der Waals surface area contributed by atoms with E-state index in [1.165, 1.54) is 17.0 Å². The van der Waals surface area contributed by atoms with Crippen molar-refractivity contribution in [3.05, 3.63) is 50.7 Å². The van der Waals surface area contributed by atoms with E-state index in [0.717, 1.165) is 30.0 Å². The van der Waals surface area contributed by atoms with Crippen LogP contribution >= 0.6 is 22.9 Å². The minimum Gasteiger partial charge on any atom is -0.309 e. The van der Waals surface area contributed by atoms with Crippen molar-refractivity contribution in [2.45, 2.75) is 32.7 Å². The number of aromatic nitrogens is 1. The molecule has 0 spiro atoms. The summed E-state index contributed by atoms with van der Waals surface area (Å²) in [4.78, 5) is 5.50. The van der Waals surface area contributed by atoms with E-state index >= 15 is 0 Å². The smallest absolute Gasteiger partial charge is 0.124 e. The second kappa shape index (κ2) is 7.16. The standard InChI is InChI=1S/C15H18ClFN2S/c1-3-6-18-14(15-9-19-10(2)20-15)7-11-4-5-12(17)8-13(11)16/h4-5,8-9,14,18H,3,6-7H2,1-2H3. The van der Waals surface area contributed by atoms with Crippen LogP contribution in [0.1, 0.15) is 34.8 Å². The molecule has 0 saturated heterocycles. The predicted molar refractivity (Wildman–Crippen MR) is 83.0 cm³/mol. The molecule has 2 aromatic rings. The second-order valence-corrected chi connectivity index (χ2v) is 6.40. The highest BCUT2D eigenvalue weighted by molar-refractivity contribution is 7.11. The first-order valence-electron chi connectivity index (χ1n) is 6.69. The molecule has 0 bridgehead atoms. The molecule has 0 saturated carbocycles. The summed E-state index contributed by atoms with van der Waals surface area (Å²) in [5.41, 5.74) is 0.952. The molecule has 0 aliphatic rings. The fourth-order valence-corrected chi connectivity index (χ4v) is 3.14. The topological polar surface area (TPSA) is 24.9 Å². The minimum absolute atomic E-state index is 0.170. The van der Waals surface area contributed by atoms with Crippen molar-refractivity contribution in [1.29, 1.82) is 0 Å². The number of rotatable bonds is 6. The molecule has 0 aliphatic heterocycles. The molecule has 2 rings (SSSR count). The molecule has 2 nitrogen and oxygen atoms in total. The van der Waals surface area contributed by atoms with Gasteiger partial charge in [0.25, 0.3) is 0 Å². The third-order valence-electron chi connectivity index (χ3n) is 3.06. The summed E-state index contributed by atoms with van der Waals surface area (Å²) in [6, 6.07) is 4.75. The monoisotopic (exact) mass is 312 g/mol. The lowest BCUT2D eigenvalue weighted by molar-refractivity contribution is 0.535. The van der Waals surface area contributed by atoms with Crippen molar-refractivity contribution in [3.63, 3.8) is 0 Å². The van der Waals surface area contributed by atoms with Crippen LogP contribution in [0.3, 0.4) is 0 Å². The van der Waals surface area contributed by atoms with E-state index in [1.807, 2.05) is 13.1 Å². The lowest BCUT2D eigenvalue weighted by Gasteiger charge is -2.17. The molecule has 0 amide bonds. The number of nitrogens with one attached hydrogen (secondary N) is 1. The average molecular weight is 313 g/mol. The van der Waals surface area contributed by atoms with Crippen LogP contribution in [0.25, 0.3) is 0 Å². The van der Waals surface area contributed by atoms with Crippen molar-refractivity contribution in [1.82, 2.24) is 10.3 Å². The number of hydrogen-bond acceptors (Lipinski definition) is 3. The first-order chi connectivity index (χ1) is 9.60. The molecule has 108 valence electrons. The van der Waals surface area contributed by atoms with Gasteiger partial charge in [0.2, 0.25) is 0 Å². The van der Waals surface area contributed by atoms with Crippen LogP contribution in [0.2, 0.25) is 5.02 Å². The van der Waals surface area contributed by atoms with Crippen LogP contribution in [0.15, 0.2) is 24.4 Å². The molecule has 0 fully saturated rings. The van der Waals surface area contributed by atoms with Gasteiger partial charge in [0.1, 0.15) is 5.82 Å². The minimum atomic E-state index is -0.301. The van der Waals surface area contributed by atoms with Gasteiger partial charge in [-0.15, -0.1) is 11.3 Å². The first-order valence-corrected chi connectivity index (χ1v) is 7.89. The summed E-state index contributed by atoms with van der Waals surface area (Å²) < 4.78 is 13.1. The van der Waals surface area contributed by atoms with Gasteiger partial charge in [-0.2, -0.15) is 0 Å². The van der Waals surface area contributed by atoms with Crippen LogP contribution in [0, 0.1) is 12.7 Å². The number of thiazole rings is 1. The maximum atomic E-state index is 13.1. The van der Waals surface area contributed by atoms with Crippen molar-refractivity contribution < 1.29 is 4.39 Å². The van der Waals surface area contributed by atoms with Gasteiger partial charge in [0.15, 0.2) is 0 Å². The average Bonchev–Trinajstić information content (AvgIpc) is 2.83. The first kappa shape index (κ1) is 15.4. The van der Waals surface area contributed by atoms with Crippen molar-refractivity contribution in [3.8, 4) is 0 Å². The fourth-order valence-electron chi connectivity index (χ4n) is 2.04. The van der Waals surface area contributed by atoms with Crippen LogP contribution in [0.5, 0.6) is 0 Å². The quantitative estimate of drug-likeness (QED) is 0.848.